The first-order valence-electron chi connectivity index (χ1n) is 6.32. The van der Waals surface area contributed by atoms with E-state index in [9.17, 15) is 0 Å². The van der Waals surface area contributed by atoms with Gasteiger partial charge in [0.25, 0.3) is 0 Å². The van der Waals surface area contributed by atoms with E-state index < -0.39 is 0 Å². The van der Waals surface area contributed by atoms with Crippen LogP contribution < -0.4 is 5.73 Å². The van der Waals surface area contributed by atoms with Crippen LogP contribution in [0, 0.1) is 5.92 Å². The summed E-state index contributed by atoms with van der Waals surface area (Å²) >= 11 is 0. The molecule has 0 saturated heterocycles. The Balaban J connectivity index is 3.08. The standard InChI is InChI=1S/C13H25N3/c1-6-7-12-15-11(8-9(2)3)13(14)16(12)10(4)5/h9-10H,6-8,14H2,1-5H3. The molecule has 1 heterocycles. The molecule has 0 aliphatic heterocycles. The molecule has 1 rings (SSSR count). The third-order valence-corrected chi connectivity index (χ3v) is 2.69. The van der Waals surface area contributed by atoms with Gasteiger partial charge in [-0.2, -0.15) is 0 Å². The first kappa shape index (κ1) is 13.1. The van der Waals surface area contributed by atoms with Crippen molar-refractivity contribution < 1.29 is 0 Å². The fourth-order valence-corrected chi connectivity index (χ4v) is 2.06. The van der Waals surface area contributed by atoms with Gasteiger partial charge >= 0.3 is 0 Å². The lowest BCUT2D eigenvalue weighted by molar-refractivity contribution is 0.571. The first-order chi connectivity index (χ1) is 7.47. The van der Waals surface area contributed by atoms with Crippen molar-refractivity contribution in [2.45, 2.75) is 59.9 Å². The highest BCUT2D eigenvalue weighted by molar-refractivity contribution is 5.39. The van der Waals surface area contributed by atoms with E-state index in [1.54, 1.807) is 0 Å². The first-order valence-corrected chi connectivity index (χ1v) is 6.32. The molecule has 0 fully saturated rings. The van der Waals surface area contributed by atoms with Crippen LogP contribution in [0.1, 0.15) is 58.6 Å². The minimum absolute atomic E-state index is 0.398. The zero-order valence-electron chi connectivity index (χ0n) is 11.2. The van der Waals surface area contributed by atoms with E-state index in [0.717, 1.165) is 36.6 Å². The van der Waals surface area contributed by atoms with Crippen LogP contribution in [-0.2, 0) is 12.8 Å². The van der Waals surface area contributed by atoms with Crippen molar-refractivity contribution in [3.8, 4) is 0 Å². The van der Waals surface area contributed by atoms with Gasteiger partial charge in [-0.3, -0.25) is 0 Å². The van der Waals surface area contributed by atoms with Crippen LogP contribution in [-0.4, -0.2) is 9.55 Å². The molecule has 0 atom stereocenters. The van der Waals surface area contributed by atoms with Crippen LogP contribution >= 0.6 is 0 Å². The molecule has 1 aromatic heterocycles. The quantitative estimate of drug-likeness (QED) is 0.833. The predicted octanol–water partition coefficient (Wildman–Crippen LogP) is 3.20. The highest BCUT2D eigenvalue weighted by Gasteiger charge is 2.16. The van der Waals surface area contributed by atoms with Crippen LogP contribution in [0.25, 0.3) is 0 Å². The number of nitrogen functional groups attached to an aromatic ring is 1. The molecule has 0 aliphatic rings. The van der Waals surface area contributed by atoms with E-state index >= 15 is 0 Å². The Hall–Kier alpha value is -0.990. The van der Waals surface area contributed by atoms with E-state index in [-0.39, 0.29) is 0 Å². The molecule has 0 aromatic carbocycles. The molecule has 0 radical (unpaired) electrons. The molecule has 2 N–H and O–H groups in total. The normalized spacial score (nSPS) is 11.7. The van der Waals surface area contributed by atoms with Crippen molar-refractivity contribution in [2.24, 2.45) is 5.92 Å². The second-order valence-corrected chi connectivity index (χ2v) is 5.17. The van der Waals surface area contributed by atoms with Gasteiger partial charge in [0.15, 0.2) is 0 Å². The summed E-state index contributed by atoms with van der Waals surface area (Å²) in [6.07, 6.45) is 3.10. The summed E-state index contributed by atoms with van der Waals surface area (Å²) in [5.41, 5.74) is 7.26. The van der Waals surface area contributed by atoms with Crippen molar-refractivity contribution in [2.75, 3.05) is 5.73 Å². The average Bonchev–Trinajstić information content (AvgIpc) is 2.43. The summed E-state index contributed by atoms with van der Waals surface area (Å²) < 4.78 is 2.18. The third kappa shape index (κ3) is 2.77. The molecule has 3 heteroatoms. The molecule has 0 amide bonds. The highest BCUT2D eigenvalue weighted by Crippen LogP contribution is 2.23. The molecular formula is C13H25N3. The molecule has 1 aromatic rings. The van der Waals surface area contributed by atoms with Gasteiger partial charge in [-0.05, 0) is 32.6 Å². The average molecular weight is 223 g/mol. The predicted molar refractivity (Wildman–Crippen MR) is 69.6 cm³/mol. The smallest absolute Gasteiger partial charge is 0.127 e. The molecule has 0 bridgehead atoms. The van der Waals surface area contributed by atoms with Gasteiger partial charge in [0, 0.05) is 12.5 Å². The lowest BCUT2D eigenvalue weighted by atomic mass is 10.1. The minimum Gasteiger partial charge on any atom is -0.384 e. The maximum atomic E-state index is 6.18. The fourth-order valence-electron chi connectivity index (χ4n) is 2.06. The number of hydrogen-bond acceptors (Lipinski definition) is 2. The zero-order valence-corrected chi connectivity index (χ0v) is 11.2. The Morgan fingerprint density at radius 2 is 1.88 bits per heavy atom. The number of nitrogens with two attached hydrogens (primary N) is 1. The SMILES string of the molecule is CCCc1nc(CC(C)C)c(N)n1C(C)C. The minimum atomic E-state index is 0.398. The van der Waals surface area contributed by atoms with Gasteiger partial charge in [-0.25, -0.2) is 4.98 Å². The second-order valence-electron chi connectivity index (χ2n) is 5.17. The van der Waals surface area contributed by atoms with Crippen LogP contribution in [0.5, 0.6) is 0 Å². The van der Waals surface area contributed by atoms with Crippen LogP contribution in [0.3, 0.4) is 0 Å². The molecule has 3 nitrogen and oxygen atoms in total. The van der Waals surface area contributed by atoms with Crippen molar-refractivity contribution in [3.05, 3.63) is 11.5 Å². The van der Waals surface area contributed by atoms with Crippen LogP contribution in [0.4, 0.5) is 5.82 Å². The third-order valence-electron chi connectivity index (χ3n) is 2.69. The van der Waals surface area contributed by atoms with Gasteiger partial charge in [-0.1, -0.05) is 20.8 Å². The monoisotopic (exact) mass is 223 g/mol. The molecule has 92 valence electrons. The Bertz CT molecular complexity index is 337. The van der Waals surface area contributed by atoms with Crippen molar-refractivity contribution in [1.82, 2.24) is 9.55 Å². The summed E-state index contributed by atoms with van der Waals surface area (Å²) in [5.74, 6) is 2.62. The van der Waals surface area contributed by atoms with Gasteiger partial charge in [-0.15, -0.1) is 0 Å². The van der Waals surface area contributed by atoms with E-state index in [4.69, 9.17) is 10.7 Å². The molecule has 0 unspecified atom stereocenters. The Labute approximate surface area is 99.1 Å². The Morgan fingerprint density at radius 1 is 1.25 bits per heavy atom. The van der Waals surface area contributed by atoms with Crippen molar-refractivity contribution in [3.63, 3.8) is 0 Å². The Morgan fingerprint density at radius 3 is 2.31 bits per heavy atom. The van der Waals surface area contributed by atoms with Gasteiger partial charge in [0.1, 0.15) is 11.6 Å². The fraction of sp³-hybridized carbons (Fsp3) is 0.769. The second kappa shape index (κ2) is 5.37. The Kier molecular flexibility index (Phi) is 4.39. The summed E-state index contributed by atoms with van der Waals surface area (Å²) in [5, 5.41) is 0. The molecule has 0 spiro atoms. The molecule has 0 aliphatic carbocycles. The number of aromatic nitrogens is 2. The summed E-state index contributed by atoms with van der Waals surface area (Å²) in [4.78, 5) is 4.70. The largest absolute Gasteiger partial charge is 0.384 e. The number of nitrogens with zero attached hydrogens (tertiary/aromatic N) is 2. The van der Waals surface area contributed by atoms with E-state index in [0.29, 0.717) is 12.0 Å². The lowest BCUT2D eigenvalue weighted by Crippen LogP contribution is -2.10. The summed E-state index contributed by atoms with van der Waals surface area (Å²) in [6.45, 7) is 10.9. The lowest BCUT2D eigenvalue weighted by Gasteiger charge is -2.13. The van der Waals surface area contributed by atoms with E-state index in [1.165, 1.54) is 0 Å². The van der Waals surface area contributed by atoms with Crippen molar-refractivity contribution in [1.29, 1.82) is 0 Å². The number of rotatable bonds is 5. The van der Waals surface area contributed by atoms with E-state index in [1.807, 2.05) is 0 Å². The van der Waals surface area contributed by atoms with Crippen molar-refractivity contribution >= 4 is 5.82 Å². The van der Waals surface area contributed by atoms with Gasteiger partial charge in [0.2, 0.25) is 0 Å². The van der Waals surface area contributed by atoms with E-state index in [2.05, 4.69) is 39.2 Å². The number of aryl methyl sites for hydroxylation is 1. The van der Waals surface area contributed by atoms with Crippen LogP contribution in [0.2, 0.25) is 0 Å². The maximum absolute atomic E-state index is 6.18. The zero-order chi connectivity index (χ0) is 12.3. The number of anilines is 1. The highest BCUT2D eigenvalue weighted by atomic mass is 15.2. The summed E-state index contributed by atoms with van der Waals surface area (Å²) in [7, 11) is 0. The molecule has 0 saturated carbocycles. The molecular weight excluding hydrogens is 198 g/mol. The maximum Gasteiger partial charge on any atom is 0.127 e. The van der Waals surface area contributed by atoms with Gasteiger partial charge in [0.05, 0.1) is 5.69 Å². The topological polar surface area (TPSA) is 43.8 Å². The van der Waals surface area contributed by atoms with Gasteiger partial charge < -0.3 is 10.3 Å². The number of imidazole rings is 1. The summed E-state index contributed by atoms with van der Waals surface area (Å²) in [6, 6.07) is 0.398. The molecule has 16 heavy (non-hydrogen) atoms. The van der Waals surface area contributed by atoms with Crippen LogP contribution in [0.15, 0.2) is 0 Å². The number of hydrogen-bond donors (Lipinski definition) is 1.